The van der Waals surface area contributed by atoms with Crippen LogP contribution < -0.4 is 22.1 Å². The molecular weight excluding hydrogens is 392 g/mol. The highest BCUT2D eigenvalue weighted by atomic mass is 16.2. The van der Waals surface area contributed by atoms with Crippen molar-refractivity contribution in [2.75, 3.05) is 16.4 Å². The van der Waals surface area contributed by atoms with Crippen LogP contribution in [0.15, 0.2) is 73.1 Å². The molecule has 8 nitrogen and oxygen atoms in total. The van der Waals surface area contributed by atoms with Gasteiger partial charge in [-0.2, -0.15) is 0 Å². The number of pyridine rings is 2. The molecule has 0 bridgehead atoms. The van der Waals surface area contributed by atoms with Crippen molar-refractivity contribution in [2.45, 2.75) is 6.54 Å². The first-order chi connectivity index (χ1) is 15.0. The summed E-state index contributed by atoms with van der Waals surface area (Å²) in [5.41, 5.74) is 14.7. The monoisotopic (exact) mass is 412 g/mol. The Balaban J connectivity index is 1.41. The minimum Gasteiger partial charge on any atom is -0.396 e. The van der Waals surface area contributed by atoms with Gasteiger partial charge in [0.2, 0.25) is 5.91 Å². The third-order valence-electron chi connectivity index (χ3n) is 4.77. The fourth-order valence-corrected chi connectivity index (χ4v) is 3.05. The van der Waals surface area contributed by atoms with Crippen LogP contribution in [-0.4, -0.2) is 21.8 Å². The molecule has 31 heavy (non-hydrogen) atoms. The SMILES string of the molecule is NC(=O)c1ccc2ccc(NCc3ccc(C(=O)Nc4ccncc4N)cc3)nc2c1. The molecule has 0 radical (unpaired) electrons. The number of anilines is 3. The van der Waals surface area contributed by atoms with Crippen molar-refractivity contribution < 1.29 is 9.59 Å². The fourth-order valence-electron chi connectivity index (χ4n) is 3.05. The minimum atomic E-state index is -0.488. The Bertz CT molecular complexity index is 1270. The number of nitrogens with two attached hydrogens (primary N) is 2. The molecule has 0 saturated carbocycles. The number of carbonyl (C=O) groups is 2. The molecule has 0 aliphatic heterocycles. The second-order valence-electron chi connectivity index (χ2n) is 6.94. The van der Waals surface area contributed by atoms with E-state index < -0.39 is 5.91 Å². The lowest BCUT2D eigenvalue weighted by Crippen LogP contribution is -2.13. The molecule has 4 aromatic rings. The molecule has 0 aliphatic carbocycles. The Labute approximate surface area is 178 Å². The lowest BCUT2D eigenvalue weighted by molar-refractivity contribution is 0.0997. The van der Waals surface area contributed by atoms with Gasteiger partial charge in [0.15, 0.2) is 0 Å². The standard InChI is InChI=1S/C23H20N6O2/c24-18-13-26-10-9-19(18)29-23(31)16-3-1-14(2-4-16)12-27-21-8-7-15-5-6-17(22(25)30)11-20(15)28-21/h1-11,13H,12,24H2,(H2,25,30)(H,27,28)(H,26,29,31). The fraction of sp³-hybridized carbons (Fsp3) is 0.0435. The quantitative estimate of drug-likeness (QED) is 0.384. The first-order valence-electron chi connectivity index (χ1n) is 9.54. The molecule has 2 aromatic carbocycles. The van der Waals surface area contributed by atoms with Gasteiger partial charge in [0, 0.05) is 29.3 Å². The summed E-state index contributed by atoms with van der Waals surface area (Å²) < 4.78 is 0. The normalized spacial score (nSPS) is 10.6. The largest absolute Gasteiger partial charge is 0.396 e. The second kappa shape index (κ2) is 8.50. The predicted molar refractivity (Wildman–Crippen MR) is 121 cm³/mol. The van der Waals surface area contributed by atoms with Gasteiger partial charge < -0.3 is 22.1 Å². The van der Waals surface area contributed by atoms with Gasteiger partial charge in [0.1, 0.15) is 5.82 Å². The van der Waals surface area contributed by atoms with Crippen molar-refractivity contribution in [3.05, 3.63) is 89.7 Å². The summed E-state index contributed by atoms with van der Waals surface area (Å²) in [4.78, 5) is 32.2. The van der Waals surface area contributed by atoms with Gasteiger partial charge in [-0.15, -0.1) is 0 Å². The third-order valence-corrected chi connectivity index (χ3v) is 4.77. The van der Waals surface area contributed by atoms with Crippen molar-refractivity contribution in [1.82, 2.24) is 9.97 Å². The molecule has 0 spiro atoms. The van der Waals surface area contributed by atoms with E-state index in [-0.39, 0.29) is 5.91 Å². The number of primary amides is 1. The summed E-state index contributed by atoms with van der Waals surface area (Å²) >= 11 is 0. The summed E-state index contributed by atoms with van der Waals surface area (Å²) in [5, 5.41) is 6.93. The summed E-state index contributed by atoms with van der Waals surface area (Å²) in [5.74, 6) is -0.0687. The highest BCUT2D eigenvalue weighted by Crippen LogP contribution is 2.19. The first kappa shape index (κ1) is 19.8. The van der Waals surface area contributed by atoms with Gasteiger partial charge in [-0.3, -0.25) is 14.6 Å². The lowest BCUT2D eigenvalue weighted by Gasteiger charge is -2.09. The number of benzene rings is 2. The van der Waals surface area contributed by atoms with E-state index in [1.54, 1.807) is 36.5 Å². The van der Waals surface area contributed by atoms with Gasteiger partial charge in [0.25, 0.3) is 5.91 Å². The second-order valence-corrected chi connectivity index (χ2v) is 6.94. The molecule has 154 valence electrons. The minimum absolute atomic E-state index is 0.251. The van der Waals surface area contributed by atoms with Crippen LogP contribution in [0.5, 0.6) is 0 Å². The smallest absolute Gasteiger partial charge is 0.255 e. The first-order valence-corrected chi connectivity index (χ1v) is 9.54. The van der Waals surface area contributed by atoms with Crippen molar-refractivity contribution >= 4 is 39.9 Å². The van der Waals surface area contributed by atoms with Gasteiger partial charge >= 0.3 is 0 Å². The van der Waals surface area contributed by atoms with Gasteiger partial charge in [-0.05, 0) is 48.0 Å². The Morgan fingerprint density at radius 2 is 1.68 bits per heavy atom. The molecule has 2 amide bonds. The number of amides is 2. The van der Waals surface area contributed by atoms with Gasteiger partial charge in [0.05, 0.1) is 23.1 Å². The molecule has 2 heterocycles. The van der Waals surface area contributed by atoms with Crippen LogP contribution in [0.1, 0.15) is 26.3 Å². The van der Waals surface area contributed by atoms with Crippen LogP contribution in [0.25, 0.3) is 10.9 Å². The summed E-state index contributed by atoms with van der Waals surface area (Å²) in [7, 11) is 0. The maximum Gasteiger partial charge on any atom is 0.255 e. The van der Waals surface area contributed by atoms with E-state index in [1.807, 2.05) is 30.3 Å². The number of aromatic nitrogens is 2. The Morgan fingerprint density at radius 3 is 2.42 bits per heavy atom. The predicted octanol–water partition coefficient (Wildman–Crippen LogP) is 3.18. The highest BCUT2D eigenvalue weighted by Gasteiger charge is 2.08. The molecule has 0 unspecified atom stereocenters. The summed E-state index contributed by atoms with van der Waals surface area (Å²) in [6, 6.07) is 17.8. The number of hydrogen-bond donors (Lipinski definition) is 4. The molecule has 0 fully saturated rings. The number of rotatable bonds is 6. The van der Waals surface area contributed by atoms with Crippen LogP contribution in [0, 0.1) is 0 Å². The number of hydrogen-bond acceptors (Lipinski definition) is 6. The molecule has 0 aliphatic rings. The molecular formula is C23H20N6O2. The third kappa shape index (κ3) is 4.59. The highest BCUT2D eigenvalue weighted by molar-refractivity contribution is 6.05. The number of nitrogen functional groups attached to an aromatic ring is 1. The molecule has 6 N–H and O–H groups in total. The van der Waals surface area contributed by atoms with E-state index in [2.05, 4.69) is 20.6 Å². The van der Waals surface area contributed by atoms with Crippen LogP contribution in [0.4, 0.5) is 17.2 Å². The van der Waals surface area contributed by atoms with Gasteiger partial charge in [-0.1, -0.05) is 18.2 Å². The molecule has 0 saturated heterocycles. The van der Waals surface area contributed by atoms with Crippen molar-refractivity contribution in [3.8, 4) is 0 Å². The zero-order chi connectivity index (χ0) is 21.8. The molecule has 8 heteroatoms. The lowest BCUT2D eigenvalue weighted by atomic mass is 10.1. The van der Waals surface area contributed by atoms with Crippen LogP contribution in [-0.2, 0) is 6.54 Å². The Kier molecular flexibility index (Phi) is 5.44. The Hall–Kier alpha value is -4.46. The molecule has 0 atom stereocenters. The van der Waals surface area contributed by atoms with E-state index in [9.17, 15) is 9.59 Å². The zero-order valence-corrected chi connectivity index (χ0v) is 16.5. The average molecular weight is 412 g/mol. The number of nitrogens with one attached hydrogen (secondary N) is 2. The van der Waals surface area contributed by atoms with Crippen molar-refractivity contribution in [1.29, 1.82) is 0 Å². The van der Waals surface area contributed by atoms with E-state index in [1.165, 1.54) is 6.20 Å². The number of fused-ring (bicyclic) bond motifs is 1. The van der Waals surface area contributed by atoms with Crippen LogP contribution in [0.3, 0.4) is 0 Å². The van der Waals surface area contributed by atoms with Crippen LogP contribution in [0.2, 0.25) is 0 Å². The van der Waals surface area contributed by atoms with Crippen molar-refractivity contribution in [2.24, 2.45) is 5.73 Å². The van der Waals surface area contributed by atoms with E-state index in [4.69, 9.17) is 11.5 Å². The number of nitrogens with zero attached hydrogens (tertiary/aromatic N) is 2. The average Bonchev–Trinajstić information content (AvgIpc) is 2.79. The Morgan fingerprint density at radius 1 is 0.935 bits per heavy atom. The summed E-state index contributed by atoms with van der Waals surface area (Å²) in [6.45, 7) is 0.521. The van der Waals surface area contributed by atoms with Crippen LogP contribution >= 0.6 is 0 Å². The maximum absolute atomic E-state index is 12.4. The van der Waals surface area contributed by atoms with E-state index in [0.29, 0.717) is 40.4 Å². The van der Waals surface area contributed by atoms with Gasteiger partial charge in [-0.25, -0.2) is 4.98 Å². The zero-order valence-electron chi connectivity index (χ0n) is 16.5. The topological polar surface area (TPSA) is 136 Å². The molecule has 4 rings (SSSR count). The molecule has 2 aromatic heterocycles. The van der Waals surface area contributed by atoms with Crippen molar-refractivity contribution in [3.63, 3.8) is 0 Å². The number of carbonyl (C=O) groups excluding carboxylic acids is 2. The maximum atomic E-state index is 12.4. The van der Waals surface area contributed by atoms with E-state index in [0.717, 1.165) is 10.9 Å². The summed E-state index contributed by atoms with van der Waals surface area (Å²) in [6.07, 6.45) is 3.05. The van der Waals surface area contributed by atoms with E-state index >= 15 is 0 Å².